The first kappa shape index (κ1) is 13.8. The molecule has 1 aliphatic heterocycles. The summed E-state index contributed by atoms with van der Waals surface area (Å²) in [5.41, 5.74) is 3.54. The second-order valence-electron chi connectivity index (χ2n) is 5.93. The molecule has 3 aromatic rings. The predicted molar refractivity (Wildman–Crippen MR) is 89.5 cm³/mol. The molecular weight excluding hydrogens is 288 g/mol. The highest BCUT2D eigenvalue weighted by atomic mass is 16.2. The summed E-state index contributed by atoms with van der Waals surface area (Å²) >= 11 is 0. The number of para-hydroxylation sites is 2. The molecule has 2 N–H and O–H groups in total. The normalized spacial score (nSPS) is 17.8. The highest BCUT2D eigenvalue weighted by molar-refractivity contribution is 6.08. The molecule has 4 rings (SSSR count). The zero-order valence-electron chi connectivity index (χ0n) is 12.7. The van der Waals surface area contributed by atoms with Gasteiger partial charge in [-0.1, -0.05) is 36.4 Å². The van der Waals surface area contributed by atoms with Gasteiger partial charge in [0.05, 0.1) is 11.8 Å². The maximum absolute atomic E-state index is 12.5. The first-order valence-electron chi connectivity index (χ1n) is 7.63. The zero-order valence-corrected chi connectivity index (χ0v) is 12.7. The molecule has 0 bridgehead atoms. The third-order valence-electron chi connectivity index (χ3n) is 4.56. The second kappa shape index (κ2) is 5.09. The molecule has 0 aliphatic carbocycles. The van der Waals surface area contributed by atoms with Crippen LogP contribution < -0.4 is 5.32 Å². The topological polar surface area (TPSA) is 62.0 Å². The van der Waals surface area contributed by atoms with Gasteiger partial charge in [0.25, 0.3) is 0 Å². The van der Waals surface area contributed by atoms with Crippen LogP contribution in [-0.2, 0) is 9.59 Å². The molecule has 2 atom stereocenters. The van der Waals surface area contributed by atoms with Gasteiger partial charge in [-0.2, -0.15) is 0 Å². The number of aromatic amines is 1. The Labute approximate surface area is 133 Å². The van der Waals surface area contributed by atoms with Crippen molar-refractivity contribution in [3.8, 4) is 0 Å². The van der Waals surface area contributed by atoms with E-state index in [1.54, 1.807) is 6.92 Å². The minimum absolute atomic E-state index is 0.00777. The van der Waals surface area contributed by atoms with Gasteiger partial charge in [0.15, 0.2) is 0 Å². The van der Waals surface area contributed by atoms with E-state index in [0.29, 0.717) is 0 Å². The molecule has 23 heavy (non-hydrogen) atoms. The van der Waals surface area contributed by atoms with E-state index >= 15 is 0 Å². The Bertz CT molecular complexity index is 926. The standard InChI is InChI=1S/C19H16N2O2/c1-11(22)17(14-10-20-15-8-4-2-6-12(14)15)18-13-7-3-5-9-16(13)21-19(18)23/h2-10,17-18,20H,1H3,(H,21,23). The molecule has 1 aliphatic rings. The van der Waals surface area contributed by atoms with E-state index in [9.17, 15) is 9.59 Å². The monoisotopic (exact) mass is 304 g/mol. The van der Waals surface area contributed by atoms with Crippen LogP contribution in [0.3, 0.4) is 0 Å². The van der Waals surface area contributed by atoms with Crippen LogP contribution in [0.1, 0.15) is 29.9 Å². The molecule has 2 heterocycles. The fourth-order valence-corrected chi connectivity index (χ4v) is 3.55. The first-order valence-corrected chi connectivity index (χ1v) is 7.63. The second-order valence-corrected chi connectivity index (χ2v) is 5.93. The van der Waals surface area contributed by atoms with Crippen LogP contribution >= 0.6 is 0 Å². The lowest BCUT2D eigenvalue weighted by atomic mass is 9.80. The third kappa shape index (κ3) is 2.06. The number of Topliss-reactive ketones (excluding diaryl/α,β-unsaturated/α-hetero) is 1. The van der Waals surface area contributed by atoms with E-state index < -0.39 is 11.8 Å². The Balaban J connectivity index is 1.90. The van der Waals surface area contributed by atoms with Crippen LogP contribution in [-0.4, -0.2) is 16.7 Å². The number of hydrogen-bond acceptors (Lipinski definition) is 2. The molecule has 0 spiro atoms. The molecule has 2 aromatic carbocycles. The number of nitrogens with one attached hydrogen (secondary N) is 2. The van der Waals surface area contributed by atoms with Crippen molar-refractivity contribution in [2.45, 2.75) is 18.8 Å². The van der Waals surface area contributed by atoms with E-state index in [1.807, 2.05) is 54.7 Å². The van der Waals surface area contributed by atoms with Gasteiger partial charge in [-0.05, 0) is 30.2 Å². The van der Waals surface area contributed by atoms with Crippen molar-refractivity contribution in [3.63, 3.8) is 0 Å². The number of H-pyrrole nitrogens is 1. The molecular formula is C19H16N2O2. The number of rotatable bonds is 3. The maximum Gasteiger partial charge on any atom is 0.233 e. The van der Waals surface area contributed by atoms with Crippen molar-refractivity contribution in [1.82, 2.24) is 4.98 Å². The Hall–Kier alpha value is -2.88. The molecule has 1 aromatic heterocycles. The quantitative estimate of drug-likeness (QED) is 0.777. The Morgan fingerprint density at radius 2 is 1.83 bits per heavy atom. The van der Waals surface area contributed by atoms with Crippen molar-refractivity contribution in [2.75, 3.05) is 5.32 Å². The van der Waals surface area contributed by atoms with Gasteiger partial charge in [-0.25, -0.2) is 0 Å². The summed E-state index contributed by atoms with van der Waals surface area (Å²) in [6, 6.07) is 15.4. The molecule has 4 nitrogen and oxygen atoms in total. The van der Waals surface area contributed by atoms with E-state index in [2.05, 4.69) is 10.3 Å². The Morgan fingerprint density at radius 1 is 1.09 bits per heavy atom. The van der Waals surface area contributed by atoms with Gasteiger partial charge < -0.3 is 10.3 Å². The molecule has 2 unspecified atom stereocenters. The number of fused-ring (bicyclic) bond motifs is 2. The summed E-state index contributed by atoms with van der Waals surface area (Å²) in [5.74, 6) is -1.10. The van der Waals surface area contributed by atoms with Gasteiger partial charge in [-0.3, -0.25) is 9.59 Å². The van der Waals surface area contributed by atoms with Crippen molar-refractivity contribution in [2.24, 2.45) is 0 Å². The lowest BCUT2D eigenvalue weighted by Gasteiger charge is -2.19. The number of carbonyl (C=O) groups excluding carboxylic acids is 2. The van der Waals surface area contributed by atoms with Crippen LogP contribution in [0.2, 0.25) is 0 Å². The molecule has 114 valence electrons. The number of carbonyl (C=O) groups is 2. The smallest absolute Gasteiger partial charge is 0.233 e. The summed E-state index contributed by atoms with van der Waals surface area (Å²) in [6.45, 7) is 1.56. The first-order chi connectivity index (χ1) is 11.2. The Morgan fingerprint density at radius 3 is 2.65 bits per heavy atom. The SMILES string of the molecule is CC(=O)C(c1c[nH]c2ccccc12)C1C(=O)Nc2ccccc21. The van der Waals surface area contributed by atoms with E-state index in [1.165, 1.54) is 0 Å². The maximum atomic E-state index is 12.5. The summed E-state index contributed by atoms with van der Waals surface area (Å²) in [4.78, 5) is 28.2. The molecule has 0 radical (unpaired) electrons. The van der Waals surface area contributed by atoms with Crippen LogP contribution in [0.5, 0.6) is 0 Å². The van der Waals surface area contributed by atoms with Crippen molar-refractivity contribution >= 4 is 28.3 Å². The lowest BCUT2D eigenvalue weighted by Crippen LogP contribution is -2.24. The van der Waals surface area contributed by atoms with Gasteiger partial charge in [-0.15, -0.1) is 0 Å². The molecule has 0 saturated heterocycles. The minimum atomic E-state index is -0.491. The highest BCUT2D eigenvalue weighted by Crippen LogP contribution is 2.43. The summed E-state index contributed by atoms with van der Waals surface area (Å²) in [5, 5.41) is 3.88. The minimum Gasteiger partial charge on any atom is -0.361 e. The van der Waals surface area contributed by atoms with Gasteiger partial charge in [0.1, 0.15) is 5.78 Å². The van der Waals surface area contributed by atoms with Crippen molar-refractivity contribution in [3.05, 3.63) is 65.9 Å². The average molecular weight is 304 g/mol. The molecule has 0 saturated carbocycles. The van der Waals surface area contributed by atoms with E-state index in [0.717, 1.165) is 27.7 Å². The van der Waals surface area contributed by atoms with Crippen LogP contribution in [0.15, 0.2) is 54.7 Å². The average Bonchev–Trinajstić information content (AvgIpc) is 3.10. The third-order valence-corrected chi connectivity index (χ3v) is 4.56. The summed E-state index contributed by atoms with van der Waals surface area (Å²) in [7, 11) is 0. The summed E-state index contributed by atoms with van der Waals surface area (Å²) < 4.78 is 0. The predicted octanol–water partition coefficient (Wildman–Crippen LogP) is 3.58. The number of benzene rings is 2. The summed E-state index contributed by atoms with van der Waals surface area (Å²) in [6.07, 6.45) is 1.85. The lowest BCUT2D eigenvalue weighted by molar-refractivity contribution is -0.124. The Kier molecular flexibility index (Phi) is 3.05. The van der Waals surface area contributed by atoms with Crippen molar-refractivity contribution in [1.29, 1.82) is 0 Å². The number of amides is 1. The van der Waals surface area contributed by atoms with Crippen LogP contribution in [0.4, 0.5) is 5.69 Å². The number of aromatic nitrogens is 1. The number of ketones is 1. The van der Waals surface area contributed by atoms with Crippen LogP contribution in [0, 0.1) is 0 Å². The van der Waals surface area contributed by atoms with Gasteiger partial charge >= 0.3 is 0 Å². The fourth-order valence-electron chi connectivity index (χ4n) is 3.55. The zero-order chi connectivity index (χ0) is 16.0. The van der Waals surface area contributed by atoms with Crippen molar-refractivity contribution < 1.29 is 9.59 Å². The largest absolute Gasteiger partial charge is 0.361 e. The van der Waals surface area contributed by atoms with E-state index in [-0.39, 0.29) is 11.7 Å². The number of hydrogen-bond donors (Lipinski definition) is 2. The molecule has 1 amide bonds. The van der Waals surface area contributed by atoms with E-state index in [4.69, 9.17) is 0 Å². The molecule has 4 heteroatoms. The van der Waals surface area contributed by atoms with Crippen LogP contribution in [0.25, 0.3) is 10.9 Å². The van der Waals surface area contributed by atoms with Gasteiger partial charge in [0.2, 0.25) is 5.91 Å². The fraction of sp³-hybridized carbons (Fsp3) is 0.158. The molecule has 0 fully saturated rings. The number of anilines is 1. The van der Waals surface area contributed by atoms with Gasteiger partial charge in [0, 0.05) is 22.8 Å². The highest BCUT2D eigenvalue weighted by Gasteiger charge is 2.40.